The van der Waals surface area contributed by atoms with E-state index in [2.05, 4.69) is 4.99 Å². The molecule has 3 aromatic carbocycles. The van der Waals surface area contributed by atoms with E-state index in [9.17, 15) is 19.7 Å². The molecule has 1 atom stereocenters. The van der Waals surface area contributed by atoms with E-state index in [4.69, 9.17) is 9.47 Å². The van der Waals surface area contributed by atoms with Crippen molar-refractivity contribution in [3.63, 3.8) is 0 Å². The molecule has 0 saturated carbocycles. The Morgan fingerprint density at radius 1 is 1.07 bits per heavy atom. The molecule has 0 unspecified atom stereocenters. The molecule has 0 radical (unpaired) electrons. The number of thiazole rings is 1. The minimum atomic E-state index is -0.656. The first-order valence-corrected chi connectivity index (χ1v) is 13.4. The first kappa shape index (κ1) is 26.8. The number of fused-ring (bicyclic) bond motifs is 1. The van der Waals surface area contributed by atoms with Gasteiger partial charge < -0.3 is 9.47 Å². The topological polar surface area (TPSA) is 113 Å². The Kier molecular flexibility index (Phi) is 7.70. The number of aromatic nitrogens is 1. The lowest BCUT2D eigenvalue weighted by molar-refractivity contribution is -0.385. The first-order valence-electron chi connectivity index (χ1n) is 12.6. The molecule has 0 fully saturated rings. The highest BCUT2D eigenvalue weighted by Crippen LogP contribution is 2.30. The minimum Gasteiger partial charge on any atom is -0.489 e. The lowest BCUT2D eigenvalue weighted by atomic mass is 9.96. The summed E-state index contributed by atoms with van der Waals surface area (Å²) in [7, 11) is 0. The van der Waals surface area contributed by atoms with E-state index in [0.717, 1.165) is 11.1 Å². The maximum absolute atomic E-state index is 13.7. The van der Waals surface area contributed by atoms with Crippen LogP contribution in [-0.4, -0.2) is 22.1 Å². The largest absolute Gasteiger partial charge is 0.489 e. The number of esters is 1. The normalized spacial score (nSPS) is 14.8. The van der Waals surface area contributed by atoms with Crippen LogP contribution in [-0.2, 0) is 16.1 Å². The second-order valence-corrected chi connectivity index (χ2v) is 9.97. The Morgan fingerprint density at radius 2 is 1.77 bits per heavy atom. The summed E-state index contributed by atoms with van der Waals surface area (Å²) < 4.78 is 13.1. The maximum atomic E-state index is 13.7. The molecular weight excluding hydrogens is 530 g/mol. The molecule has 5 rings (SSSR count). The molecule has 0 aliphatic carbocycles. The van der Waals surface area contributed by atoms with Crippen molar-refractivity contribution in [2.75, 3.05) is 6.61 Å². The molecule has 0 saturated heterocycles. The minimum absolute atomic E-state index is 0.00431. The third kappa shape index (κ3) is 5.34. The summed E-state index contributed by atoms with van der Waals surface area (Å²) in [4.78, 5) is 42.5. The number of carbonyl (C=O) groups excluding carboxylic acids is 1. The van der Waals surface area contributed by atoms with Gasteiger partial charge in [-0.15, -0.1) is 0 Å². The number of nitrogens with zero attached hydrogens (tertiary/aromatic N) is 3. The van der Waals surface area contributed by atoms with Crippen LogP contribution in [0.15, 0.2) is 99.9 Å². The van der Waals surface area contributed by atoms with Crippen molar-refractivity contribution in [2.24, 2.45) is 4.99 Å². The summed E-state index contributed by atoms with van der Waals surface area (Å²) in [6.45, 7) is 3.75. The Hall–Kier alpha value is -4.83. The average molecular weight is 556 g/mol. The monoisotopic (exact) mass is 555 g/mol. The summed E-state index contributed by atoms with van der Waals surface area (Å²) in [5, 5.41) is 11.2. The average Bonchev–Trinajstić information content (AvgIpc) is 3.26. The summed E-state index contributed by atoms with van der Waals surface area (Å²) in [6.07, 6.45) is 1.76. The predicted octanol–water partition coefficient (Wildman–Crippen LogP) is 4.29. The Bertz CT molecular complexity index is 1790. The molecule has 1 aliphatic heterocycles. The molecule has 0 amide bonds. The van der Waals surface area contributed by atoms with E-state index < -0.39 is 16.9 Å². The van der Waals surface area contributed by atoms with Gasteiger partial charge >= 0.3 is 5.97 Å². The number of carbonyl (C=O) groups is 1. The molecule has 0 N–H and O–H groups in total. The fourth-order valence-corrected chi connectivity index (χ4v) is 5.57. The van der Waals surface area contributed by atoms with Gasteiger partial charge in [-0.3, -0.25) is 19.5 Å². The van der Waals surface area contributed by atoms with Crippen LogP contribution in [0.2, 0.25) is 0 Å². The Morgan fingerprint density at radius 3 is 2.48 bits per heavy atom. The molecule has 1 aromatic heterocycles. The van der Waals surface area contributed by atoms with Gasteiger partial charge in [-0.2, -0.15) is 0 Å². The summed E-state index contributed by atoms with van der Waals surface area (Å²) in [5.74, 6) is 0.0406. The highest BCUT2D eigenvalue weighted by atomic mass is 32.1. The van der Waals surface area contributed by atoms with E-state index in [1.165, 1.54) is 17.4 Å². The van der Waals surface area contributed by atoms with Crippen LogP contribution in [0.4, 0.5) is 5.69 Å². The van der Waals surface area contributed by atoms with Crippen molar-refractivity contribution in [3.8, 4) is 5.75 Å². The standard InChI is InChI=1S/C30H25N3O6S/c1-3-38-29(35)26-19(2)31-30-32(27(26)21-9-5-4-6-10-21)28(34)25(40-30)17-20-13-15-23(16-14-20)39-18-22-11-7-8-12-24(22)33(36)37/h4-17,27H,3,18H2,1-2H3/b25-17+/t27-/m0/s1. The van der Waals surface area contributed by atoms with E-state index >= 15 is 0 Å². The van der Waals surface area contributed by atoms with Crippen LogP contribution >= 0.6 is 11.3 Å². The molecule has 4 aromatic rings. The second kappa shape index (κ2) is 11.5. The van der Waals surface area contributed by atoms with E-state index in [-0.39, 0.29) is 24.5 Å². The number of ether oxygens (including phenoxy) is 2. The number of benzene rings is 3. The SMILES string of the molecule is CCOC(=O)C1=C(C)N=c2s/c(=C/c3ccc(OCc4ccccc4[N+](=O)[O-])cc3)c(=O)n2[C@H]1c1ccccc1. The zero-order valence-corrected chi connectivity index (χ0v) is 22.6. The molecular formula is C30H25N3O6S. The molecule has 10 heteroatoms. The lowest BCUT2D eigenvalue weighted by Gasteiger charge is -2.24. The van der Waals surface area contributed by atoms with Crippen LogP contribution in [0.1, 0.15) is 36.6 Å². The van der Waals surface area contributed by atoms with Gasteiger partial charge in [0.05, 0.1) is 38.9 Å². The molecule has 0 spiro atoms. The van der Waals surface area contributed by atoms with Crippen molar-refractivity contribution in [2.45, 2.75) is 26.5 Å². The molecule has 40 heavy (non-hydrogen) atoms. The molecule has 9 nitrogen and oxygen atoms in total. The maximum Gasteiger partial charge on any atom is 0.338 e. The molecule has 1 aliphatic rings. The van der Waals surface area contributed by atoms with Crippen molar-refractivity contribution in [3.05, 3.63) is 137 Å². The number of para-hydroxylation sites is 1. The molecule has 0 bridgehead atoms. The number of nitro groups is 1. The lowest BCUT2D eigenvalue weighted by Crippen LogP contribution is -2.39. The highest BCUT2D eigenvalue weighted by Gasteiger charge is 2.33. The zero-order valence-electron chi connectivity index (χ0n) is 21.8. The van der Waals surface area contributed by atoms with Crippen molar-refractivity contribution in [1.29, 1.82) is 0 Å². The van der Waals surface area contributed by atoms with Crippen LogP contribution in [0, 0.1) is 10.1 Å². The van der Waals surface area contributed by atoms with E-state index in [0.29, 0.717) is 31.9 Å². The second-order valence-electron chi connectivity index (χ2n) is 8.96. The van der Waals surface area contributed by atoms with Gasteiger partial charge in [0.2, 0.25) is 0 Å². The summed E-state index contributed by atoms with van der Waals surface area (Å²) in [5.41, 5.74) is 2.62. The number of nitro benzene ring substituents is 1. The summed E-state index contributed by atoms with van der Waals surface area (Å²) >= 11 is 1.25. The van der Waals surface area contributed by atoms with Crippen molar-refractivity contribution in [1.82, 2.24) is 4.57 Å². The Labute approximate surface area is 233 Å². The van der Waals surface area contributed by atoms with E-state index in [1.54, 1.807) is 67.0 Å². The Balaban J connectivity index is 1.46. The fraction of sp³-hybridized carbons (Fsp3) is 0.167. The van der Waals surface area contributed by atoms with Gasteiger partial charge in [0.15, 0.2) is 4.80 Å². The molecule has 2 heterocycles. The van der Waals surface area contributed by atoms with Gasteiger partial charge in [0.1, 0.15) is 12.4 Å². The van der Waals surface area contributed by atoms with Crippen LogP contribution in [0.5, 0.6) is 5.75 Å². The van der Waals surface area contributed by atoms with Crippen molar-refractivity contribution < 1.29 is 19.2 Å². The zero-order chi connectivity index (χ0) is 28.2. The quantitative estimate of drug-likeness (QED) is 0.182. The van der Waals surface area contributed by atoms with Crippen molar-refractivity contribution >= 4 is 29.1 Å². The third-order valence-electron chi connectivity index (χ3n) is 6.39. The third-order valence-corrected chi connectivity index (χ3v) is 7.38. The highest BCUT2D eigenvalue weighted by molar-refractivity contribution is 7.07. The summed E-state index contributed by atoms with van der Waals surface area (Å²) in [6, 6.07) is 22.2. The first-order chi connectivity index (χ1) is 19.4. The van der Waals surface area contributed by atoms with Crippen LogP contribution < -0.4 is 19.6 Å². The number of allylic oxidation sites excluding steroid dienone is 1. The molecule has 202 valence electrons. The number of hydrogen-bond donors (Lipinski definition) is 0. The van der Waals surface area contributed by atoms with E-state index in [1.807, 2.05) is 30.3 Å². The smallest absolute Gasteiger partial charge is 0.338 e. The van der Waals surface area contributed by atoms with Gasteiger partial charge in [0, 0.05) is 6.07 Å². The number of rotatable bonds is 8. The number of hydrogen-bond acceptors (Lipinski definition) is 8. The van der Waals surface area contributed by atoms with Gasteiger partial charge in [-0.1, -0.05) is 65.9 Å². The van der Waals surface area contributed by atoms with Crippen LogP contribution in [0.25, 0.3) is 6.08 Å². The van der Waals surface area contributed by atoms with Gasteiger partial charge in [-0.05, 0) is 49.2 Å². The fourth-order valence-electron chi connectivity index (χ4n) is 4.53. The predicted molar refractivity (Wildman–Crippen MR) is 151 cm³/mol. The van der Waals surface area contributed by atoms with Gasteiger partial charge in [-0.25, -0.2) is 9.79 Å². The van der Waals surface area contributed by atoms with Gasteiger partial charge in [0.25, 0.3) is 11.2 Å². The van der Waals surface area contributed by atoms with Crippen LogP contribution in [0.3, 0.4) is 0 Å².